The molecule has 80 valence electrons. The average molecular weight is 230 g/mol. The minimum atomic E-state index is -0.540. The molecule has 0 fully saturated rings. The van der Waals surface area contributed by atoms with E-state index in [9.17, 15) is 9.59 Å². The van der Waals surface area contributed by atoms with Crippen LogP contribution < -0.4 is 4.74 Å². The summed E-state index contributed by atoms with van der Waals surface area (Å²) >= 11 is 5.57. The Hall–Kier alpha value is -1.62. The number of hydrogen-bond donors (Lipinski definition) is 0. The van der Waals surface area contributed by atoms with E-state index < -0.39 is 5.97 Å². The number of carbonyl (C=O) groups excluding carboxylic acids is 2. The zero-order chi connectivity index (χ0) is 11.3. The number of aromatic nitrogens is 1. The van der Waals surface area contributed by atoms with Gasteiger partial charge in [0.15, 0.2) is 12.9 Å². The number of esters is 1. The Morgan fingerprint density at radius 2 is 2.40 bits per heavy atom. The SMILES string of the molecule is COC(=O)COc1cnc(Cl)cc1C=O. The molecule has 6 heteroatoms. The van der Waals surface area contributed by atoms with Gasteiger partial charge in [-0.1, -0.05) is 11.6 Å². The molecule has 15 heavy (non-hydrogen) atoms. The maximum absolute atomic E-state index is 10.8. The number of aldehydes is 1. The zero-order valence-corrected chi connectivity index (χ0v) is 8.65. The lowest BCUT2D eigenvalue weighted by Gasteiger charge is -2.06. The molecule has 0 aliphatic heterocycles. The molecule has 0 N–H and O–H groups in total. The van der Waals surface area contributed by atoms with Gasteiger partial charge in [0.1, 0.15) is 10.9 Å². The number of rotatable bonds is 4. The standard InChI is InChI=1S/C9H8ClNO4/c1-14-9(13)5-15-7-3-11-8(10)2-6(7)4-12/h2-4H,5H2,1H3. The number of pyridine rings is 1. The summed E-state index contributed by atoms with van der Waals surface area (Å²) in [6.45, 7) is -0.277. The summed E-state index contributed by atoms with van der Waals surface area (Å²) in [5, 5.41) is 0.183. The van der Waals surface area contributed by atoms with Gasteiger partial charge in [0.2, 0.25) is 0 Å². The van der Waals surface area contributed by atoms with Crippen molar-refractivity contribution in [3.8, 4) is 5.75 Å². The molecule has 0 aliphatic carbocycles. The van der Waals surface area contributed by atoms with E-state index in [1.807, 2.05) is 0 Å². The van der Waals surface area contributed by atoms with E-state index >= 15 is 0 Å². The van der Waals surface area contributed by atoms with Crippen molar-refractivity contribution < 1.29 is 19.1 Å². The highest BCUT2D eigenvalue weighted by molar-refractivity contribution is 6.29. The predicted octanol–water partition coefficient (Wildman–Crippen LogP) is 1.10. The fraction of sp³-hybridized carbons (Fsp3) is 0.222. The van der Waals surface area contributed by atoms with Crippen molar-refractivity contribution in [1.29, 1.82) is 0 Å². The van der Waals surface area contributed by atoms with E-state index in [4.69, 9.17) is 16.3 Å². The summed E-state index contributed by atoms with van der Waals surface area (Å²) in [4.78, 5) is 25.1. The normalized spacial score (nSPS) is 9.47. The van der Waals surface area contributed by atoms with Crippen molar-refractivity contribution in [2.75, 3.05) is 13.7 Å². The number of ether oxygens (including phenoxy) is 2. The second kappa shape index (κ2) is 5.31. The van der Waals surface area contributed by atoms with Crippen LogP contribution >= 0.6 is 11.6 Å². The minimum absolute atomic E-state index is 0.183. The van der Waals surface area contributed by atoms with Gasteiger partial charge in [0.05, 0.1) is 18.9 Å². The quantitative estimate of drug-likeness (QED) is 0.439. The Labute approximate surface area is 91.0 Å². The Bertz CT molecular complexity index is 380. The molecule has 1 heterocycles. The topological polar surface area (TPSA) is 65.5 Å². The highest BCUT2D eigenvalue weighted by atomic mass is 35.5. The summed E-state index contributed by atoms with van der Waals surface area (Å²) in [5.41, 5.74) is 0.235. The third-order valence-corrected chi connectivity index (χ3v) is 1.77. The van der Waals surface area contributed by atoms with Crippen LogP contribution in [-0.2, 0) is 9.53 Å². The maximum atomic E-state index is 10.8. The first-order valence-corrected chi connectivity index (χ1v) is 4.35. The summed E-state index contributed by atoms with van der Waals surface area (Å²) in [6.07, 6.45) is 1.84. The van der Waals surface area contributed by atoms with Crippen molar-refractivity contribution in [2.24, 2.45) is 0 Å². The molecule has 0 radical (unpaired) electrons. The van der Waals surface area contributed by atoms with Crippen molar-refractivity contribution in [1.82, 2.24) is 4.98 Å². The summed E-state index contributed by atoms with van der Waals surface area (Å²) in [5.74, 6) is -0.346. The molecule has 0 amide bonds. The van der Waals surface area contributed by atoms with Crippen LogP contribution in [0.2, 0.25) is 5.15 Å². The van der Waals surface area contributed by atoms with Crippen LogP contribution in [0, 0.1) is 0 Å². The number of methoxy groups -OCH3 is 1. The first kappa shape index (κ1) is 11.5. The molecule has 0 spiro atoms. The molecule has 0 atom stereocenters. The molecule has 1 aromatic heterocycles. The highest BCUT2D eigenvalue weighted by Crippen LogP contribution is 2.18. The van der Waals surface area contributed by atoms with E-state index in [0.717, 1.165) is 0 Å². The third-order valence-electron chi connectivity index (χ3n) is 1.56. The van der Waals surface area contributed by atoms with Crippen LogP contribution in [0.25, 0.3) is 0 Å². The molecule has 1 aromatic rings. The lowest BCUT2D eigenvalue weighted by molar-refractivity contribution is -0.142. The van der Waals surface area contributed by atoms with Gasteiger partial charge < -0.3 is 9.47 Å². The summed E-state index contributed by atoms with van der Waals surface area (Å²) < 4.78 is 9.38. The fourth-order valence-electron chi connectivity index (χ4n) is 0.840. The van der Waals surface area contributed by atoms with Gasteiger partial charge in [0, 0.05) is 0 Å². The lowest BCUT2D eigenvalue weighted by atomic mass is 10.3. The van der Waals surface area contributed by atoms with Crippen LogP contribution in [0.1, 0.15) is 10.4 Å². The zero-order valence-electron chi connectivity index (χ0n) is 7.90. The van der Waals surface area contributed by atoms with Crippen molar-refractivity contribution in [3.63, 3.8) is 0 Å². The summed E-state index contributed by atoms with van der Waals surface area (Å²) in [7, 11) is 1.24. The molecule has 0 aliphatic rings. The van der Waals surface area contributed by atoms with E-state index in [0.29, 0.717) is 6.29 Å². The number of carbonyl (C=O) groups is 2. The largest absolute Gasteiger partial charge is 0.480 e. The molecule has 5 nitrogen and oxygen atoms in total. The fourth-order valence-corrected chi connectivity index (χ4v) is 1.01. The molecule has 0 unspecified atom stereocenters. The van der Waals surface area contributed by atoms with Gasteiger partial charge in [0.25, 0.3) is 0 Å². The van der Waals surface area contributed by atoms with Gasteiger partial charge >= 0.3 is 5.97 Å². The Morgan fingerprint density at radius 3 is 3.00 bits per heavy atom. The number of hydrogen-bond acceptors (Lipinski definition) is 5. The van der Waals surface area contributed by atoms with E-state index in [2.05, 4.69) is 9.72 Å². The smallest absolute Gasteiger partial charge is 0.343 e. The lowest BCUT2D eigenvalue weighted by Crippen LogP contribution is -2.13. The molecule has 1 rings (SSSR count). The van der Waals surface area contributed by atoms with Crippen LogP contribution in [0.4, 0.5) is 0 Å². The summed E-state index contributed by atoms with van der Waals surface area (Å²) in [6, 6.07) is 1.35. The van der Waals surface area contributed by atoms with Gasteiger partial charge in [-0.25, -0.2) is 9.78 Å². The first-order chi connectivity index (χ1) is 7.17. The second-order valence-corrected chi connectivity index (χ2v) is 2.91. The molecule has 0 aromatic carbocycles. The van der Waals surface area contributed by atoms with Gasteiger partial charge in [-0.2, -0.15) is 0 Å². The monoisotopic (exact) mass is 229 g/mol. The van der Waals surface area contributed by atoms with E-state index in [1.54, 1.807) is 0 Å². The van der Waals surface area contributed by atoms with Crippen molar-refractivity contribution in [2.45, 2.75) is 0 Å². The molecule has 0 saturated carbocycles. The second-order valence-electron chi connectivity index (χ2n) is 2.53. The van der Waals surface area contributed by atoms with Gasteiger partial charge in [-0.15, -0.1) is 0 Å². The first-order valence-electron chi connectivity index (χ1n) is 3.97. The molecular formula is C9H8ClNO4. The van der Waals surface area contributed by atoms with Crippen molar-refractivity contribution in [3.05, 3.63) is 23.0 Å². The highest BCUT2D eigenvalue weighted by Gasteiger charge is 2.07. The van der Waals surface area contributed by atoms with Crippen LogP contribution in [0.15, 0.2) is 12.3 Å². The van der Waals surface area contributed by atoms with Gasteiger partial charge in [-0.3, -0.25) is 4.79 Å². The van der Waals surface area contributed by atoms with E-state index in [1.165, 1.54) is 19.4 Å². The average Bonchev–Trinajstić information content (AvgIpc) is 2.26. The number of nitrogens with zero attached hydrogens (tertiary/aromatic N) is 1. The van der Waals surface area contributed by atoms with Crippen LogP contribution in [-0.4, -0.2) is 31.0 Å². The Morgan fingerprint density at radius 1 is 1.67 bits per heavy atom. The van der Waals surface area contributed by atoms with Crippen LogP contribution in [0.5, 0.6) is 5.75 Å². The molecule has 0 saturated heterocycles. The van der Waals surface area contributed by atoms with E-state index in [-0.39, 0.29) is 23.1 Å². The van der Waals surface area contributed by atoms with Crippen LogP contribution in [0.3, 0.4) is 0 Å². The minimum Gasteiger partial charge on any atom is -0.480 e. The van der Waals surface area contributed by atoms with Gasteiger partial charge in [-0.05, 0) is 6.07 Å². The molecule has 0 bridgehead atoms. The van der Waals surface area contributed by atoms with Crippen molar-refractivity contribution >= 4 is 23.9 Å². The Kier molecular flexibility index (Phi) is 4.05. The Balaban J connectivity index is 2.76. The third kappa shape index (κ3) is 3.21. The number of halogens is 1. The predicted molar refractivity (Wildman–Crippen MR) is 52.1 cm³/mol. The maximum Gasteiger partial charge on any atom is 0.343 e. The molecular weight excluding hydrogens is 222 g/mol.